The molecular formula is C27H24F2N4O2. The monoisotopic (exact) mass is 474 g/mol. The van der Waals surface area contributed by atoms with Crippen molar-refractivity contribution in [1.82, 2.24) is 19.7 Å². The van der Waals surface area contributed by atoms with Crippen LogP contribution in [0.1, 0.15) is 46.9 Å². The lowest BCUT2D eigenvalue weighted by molar-refractivity contribution is 0.0762. The molecule has 1 aliphatic heterocycles. The highest BCUT2D eigenvalue weighted by atomic mass is 19.1. The number of amides is 1. The van der Waals surface area contributed by atoms with E-state index in [0.29, 0.717) is 24.2 Å². The van der Waals surface area contributed by atoms with Gasteiger partial charge in [-0.2, -0.15) is 5.10 Å². The Balaban J connectivity index is 1.36. The Morgan fingerprint density at radius 1 is 1.06 bits per heavy atom. The molecule has 2 aromatic heterocycles. The average Bonchev–Trinajstić information content (AvgIpc) is 3.40. The van der Waals surface area contributed by atoms with Crippen LogP contribution < -0.4 is 4.74 Å². The topological polar surface area (TPSA) is 60.2 Å². The lowest BCUT2D eigenvalue weighted by atomic mass is 10.0. The number of nitrogens with zero attached hydrogens (tertiary/aromatic N) is 4. The van der Waals surface area contributed by atoms with Gasteiger partial charge in [0.05, 0.1) is 24.0 Å². The molecule has 0 unspecified atom stereocenters. The molecule has 0 aliphatic carbocycles. The summed E-state index contributed by atoms with van der Waals surface area (Å²) in [6.07, 6.45) is 5.42. The fraction of sp³-hybridized carbons (Fsp3) is 0.222. The summed E-state index contributed by atoms with van der Waals surface area (Å²) in [6, 6.07) is 11.4. The SMILES string of the molecule is CC(C)c1cc(F)c(Oc2cccc3c2C(=O)N(Cc2ccc(-c4cnn(C)c4)cn2)C3)c(F)c1. The molecule has 5 rings (SSSR count). The van der Waals surface area contributed by atoms with Gasteiger partial charge in [0.1, 0.15) is 5.75 Å². The minimum atomic E-state index is -0.800. The van der Waals surface area contributed by atoms with Gasteiger partial charge in [0, 0.05) is 37.1 Å². The van der Waals surface area contributed by atoms with Gasteiger partial charge in [-0.3, -0.25) is 14.5 Å². The Hall–Kier alpha value is -4.07. The second-order valence-corrected chi connectivity index (χ2v) is 8.96. The third kappa shape index (κ3) is 4.39. The lowest BCUT2D eigenvalue weighted by Crippen LogP contribution is -2.24. The van der Waals surface area contributed by atoms with Crippen LogP contribution in [-0.2, 0) is 20.1 Å². The maximum absolute atomic E-state index is 14.7. The third-order valence-corrected chi connectivity index (χ3v) is 6.09. The summed E-state index contributed by atoms with van der Waals surface area (Å²) in [7, 11) is 1.85. The molecule has 0 spiro atoms. The zero-order valence-electron chi connectivity index (χ0n) is 19.6. The van der Waals surface area contributed by atoms with E-state index in [1.165, 1.54) is 12.1 Å². The fourth-order valence-electron chi connectivity index (χ4n) is 4.17. The van der Waals surface area contributed by atoms with Crippen molar-refractivity contribution in [1.29, 1.82) is 0 Å². The Bertz CT molecular complexity index is 1390. The minimum Gasteiger partial charge on any atom is -0.450 e. The van der Waals surface area contributed by atoms with E-state index in [2.05, 4.69) is 10.1 Å². The largest absolute Gasteiger partial charge is 0.450 e. The van der Waals surface area contributed by atoms with Crippen molar-refractivity contribution in [3.8, 4) is 22.6 Å². The van der Waals surface area contributed by atoms with Crippen molar-refractivity contribution in [3.63, 3.8) is 0 Å². The van der Waals surface area contributed by atoms with Gasteiger partial charge < -0.3 is 9.64 Å². The highest BCUT2D eigenvalue weighted by molar-refractivity contribution is 6.01. The van der Waals surface area contributed by atoms with Crippen LogP contribution in [-0.4, -0.2) is 25.6 Å². The van der Waals surface area contributed by atoms with E-state index in [0.717, 1.165) is 22.4 Å². The predicted molar refractivity (Wildman–Crippen MR) is 127 cm³/mol. The highest BCUT2D eigenvalue weighted by Gasteiger charge is 2.32. The van der Waals surface area contributed by atoms with E-state index >= 15 is 0 Å². The number of ether oxygens (including phenoxy) is 1. The Labute approximate surface area is 201 Å². The average molecular weight is 475 g/mol. The maximum Gasteiger partial charge on any atom is 0.258 e. The molecule has 178 valence electrons. The van der Waals surface area contributed by atoms with Crippen molar-refractivity contribution >= 4 is 5.91 Å². The molecule has 8 heteroatoms. The second kappa shape index (κ2) is 8.94. The molecule has 0 saturated heterocycles. The summed E-state index contributed by atoms with van der Waals surface area (Å²) >= 11 is 0. The summed E-state index contributed by atoms with van der Waals surface area (Å²) in [5, 5.41) is 4.17. The number of aryl methyl sites for hydroxylation is 1. The van der Waals surface area contributed by atoms with Crippen molar-refractivity contribution < 1.29 is 18.3 Å². The van der Waals surface area contributed by atoms with Gasteiger partial charge in [0.25, 0.3) is 5.91 Å². The lowest BCUT2D eigenvalue weighted by Gasteiger charge is -2.16. The van der Waals surface area contributed by atoms with Crippen LogP contribution >= 0.6 is 0 Å². The zero-order chi connectivity index (χ0) is 24.7. The minimum absolute atomic E-state index is 0.0313. The maximum atomic E-state index is 14.7. The number of benzene rings is 2. The number of carbonyl (C=O) groups is 1. The van der Waals surface area contributed by atoms with Crippen LogP contribution in [0.15, 0.2) is 61.1 Å². The molecule has 0 radical (unpaired) electrons. The van der Waals surface area contributed by atoms with E-state index in [1.54, 1.807) is 34.1 Å². The molecular weight excluding hydrogens is 450 g/mol. The molecule has 0 saturated carbocycles. The molecule has 0 N–H and O–H groups in total. The first-order valence-electron chi connectivity index (χ1n) is 11.3. The van der Waals surface area contributed by atoms with Gasteiger partial charge in [0.2, 0.25) is 0 Å². The van der Waals surface area contributed by atoms with Crippen molar-refractivity contribution in [3.05, 3.63) is 95.1 Å². The Kier molecular flexibility index (Phi) is 5.80. The van der Waals surface area contributed by atoms with Crippen LogP contribution in [0.25, 0.3) is 11.1 Å². The first kappa shape index (κ1) is 22.7. The number of carbonyl (C=O) groups excluding carboxylic acids is 1. The Morgan fingerprint density at radius 3 is 2.46 bits per heavy atom. The van der Waals surface area contributed by atoms with Crippen LogP contribution in [0.5, 0.6) is 11.5 Å². The second-order valence-electron chi connectivity index (χ2n) is 8.96. The number of aromatic nitrogens is 3. The van der Waals surface area contributed by atoms with E-state index in [-0.39, 0.29) is 17.6 Å². The molecule has 3 heterocycles. The summed E-state index contributed by atoms with van der Waals surface area (Å²) in [4.78, 5) is 19.4. The number of hydrogen-bond acceptors (Lipinski definition) is 4. The normalized spacial score (nSPS) is 13.0. The zero-order valence-corrected chi connectivity index (χ0v) is 19.6. The van der Waals surface area contributed by atoms with Gasteiger partial charge in [-0.25, -0.2) is 8.78 Å². The molecule has 1 amide bonds. The van der Waals surface area contributed by atoms with Crippen LogP contribution in [0, 0.1) is 11.6 Å². The molecule has 35 heavy (non-hydrogen) atoms. The predicted octanol–water partition coefficient (Wildman–Crippen LogP) is 5.83. The summed E-state index contributed by atoms with van der Waals surface area (Å²) in [5.74, 6) is -2.28. The van der Waals surface area contributed by atoms with Crippen molar-refractivity contribution in [2.45, 2.75) is 32.9 Å². The van der Waals surface area contributed by atoms with Crippen LogP contribution in [0.4, 0.5) is 8.78 Å². The quantitative estimate of drug-likeness (QED) is 0.353. The number of pyridine rings is 1. The summed E-state index contributed by atoms with van der Waals surface area (Å²) in [5.41, 5.74) is 4.20. The molecule has 2 aromatic carbocycles. The summed E-state index contributed by atoms with van der Waals surface area (Å²) < 4.78 is 36.7. The van der Waals surface area contributed by atoms with Crippen molar-refractivity contribution in [2.24, 2.45) is 7.05 Å². The standard InChI is InChI=1S/C27H24F2N4O2/c1-16(2)19-9-22(28)26(23(29)10-19)35-24-6-4-5-18-14-33(27(34)25(18)24)15-21-8-7-17(11-30-21)20-12-31-32(3)13-20/h4-13,16H,14-15H2,1-3H3. The highest BCUT2D eigenvalue weighted by Crippen LogP contribution is 2.37. The van der Waals surface area contributed by atoms with Gasteiger partial charge in [-0.05, 0) is 41.3 Å². The van der Waals surface area contributed by atoms with E-state index in [4.69, 9.17) is 4.74 Å². The number of halogens is 2. The Morgan fingerprint density at radius 2 is 1.83 bits per heavy atom. The molecule has 1 aliphatic rings. The van der Waals surface area contributed by atoms with Crippen LogP contribution in [0.3, 0.4) is 0 Å². The van der Waals surface area contributed by atoms with Gasteiger partial charge in [-0.1, -0.05) is 32.0 Å². The number of rotatable bonds is 6. The van der Waals surface area contributed by atoms with Crippen molar-refractivity contribution in [2.75, 3.05) is 0 Å². The molecule has 0 fully saturated rings. The van der Waals surface area contributed by atoms with E-state index in [1.807, 2.05) is 45.3 Å². The van der Waals surface area contributed by atoms with E-state index < -0.39 is 17.4 Å². The van der Waals surface area contributed by atoms with Gasteiger partial charge in [-0.15, -0.1) is 0 Å². The fourth-order valence-corrected chi connectivity index (χ4v) is 4.17. The molecule has 0 atom stereocenters. The first-order valence-corrected chi connectivity index (χ1v) is 11.3. The van der Waals surface area contributed by atoms with Gasteiger partial charge in [0.15, 0.2) is 17.4 Å². The number of hydrogen-bond donors (Lipinski definition) is 0. The molecule has 4 aromatic rings. The summed E-state index contributed by atoms with van der Waals surface area (Å²) in [6.45, 7) is 4.36. The molecule has 0 bridgehead atoms. The smallest absolute Gasteiger partial charge is 0.258 e. The number of fused-ring (bicyclic) bond motifs is 1. The van der Waals surface area contributed by atoms with Gasteiger partial charge >= 0.3 is 0 Å². The molecule has 6 nitrogen and oxygen atoms in total. The van der Waals surface area contributed by atoms with E-state index in [9.17, 15) is 13.6 Å². The first-order chi connectivity index (χ1) is 16.8. The third-order valence-electron chi connectivity index (χ3n) is 6.09. The van der Waals surface area contributed by atoms with Crippen LogP contribution in [0.2, 0.25) is 0 Å².